The molecule has 0 aliphatic rings. The van der Waals surface area contributed by atoms with Gasteiger partial charge in [0.25, 0.3) is 0 Å². The number of methoxy groups -OCH3 is 1. The SMILES string of the molecule is C=Cc1nccc(OC)n1. The van der Waals surface area contributed by atoms with Gasteiger partial charge in [-0.05, 0) is 6.08 Å². The highest BCUT2D eigenvalue weighted by Gasteiger charge is 1.91. The van der Waals surface area contributed by atoms with Crippen molar-refractivity contribution in [2.75, 3.05) is 7.11 Å². The minimum atomic E-state index is 0.560. The maximum atomic E-state index is 4.86. The fourth-order valence-corrected chi connectivity index (χ4v) is 0.568. The Kier molecular flexibility index (Phi) is 1.99. The van der Waals surface area contributed by atoms with Crippen molar-refractivity contribution in [3.8, 4) is 5.88 Å². The zero-order chi connectivity index (χ0) is 7.40. The normalized spacial score (nSPS) is 8.90. The molecule has 0 unspecified atom stereocenters. The molecule has 1 heterocycles. The quantitative estimate of drug-likeness (QED) is 0.611. The third-order valence-electron chi connectivity index (χ3n) is 1.04. The van der Waals surface area contributed by atoms with E-state index in [1.54, 1.807) is 25.4 Å². The Bertz CT molecular complexity index is 235. The van der Waals surface area contributed by atoms with E-state index in [2.05, 4.69) is 16.5 Å². The molecule has 0 atom stereocenters. The van der Waals surface area contributed by atoms with E-state index in [0.29, 0.717) is 11.7 Å². The summed E-state index contributed by atoms with van der Waals surface area (Å²) in [6.45, 7) is 3.53. The van der Waals surface area contributed by atoms with Crippen LogP contribution in [0.5, 0.6) is 5.88 Å². The van der Waals surface area contributed by atoms with Crippen LogP contribution in [0.15, 0.2) is 18.8 Å². The summed E-state index contributed by atoms with van der Waals surface area (Å²) in [4.78, 5) is 7.86. The van der Waals surface area contributed by atoms with Crippen LogP contribution in [0.4, 0.5) is 0 Å². The number of rotatable bonds is 2. The van der Waals surface area contributed by atoms with Crippen molar-refractivity contribution < 1.29 is 4.74 Å². The molecule has 3 heteroatoms. The van der Waals surface area contributed by atoms with Gasteiger partial charge in [0.15, 0.2) is 5.82 Å². The molecule has 1 rings (SSSR count). The lowest BCUT2D eigenvalue weighted by atomic mass is 10.5. The summed E-state index contributed by atoms with van der Waals surface area (Å²) in [5.74, 6) is 1.14. The van der Waals surface area contributed by atoms with Crippen LogP contribution in [0.25, 0.3) is 6.08 Å². The lowest BCUT2D eigenvalue weighted by Crippen LogP contribution is -1.90. The van der Waals surface area contributed by atoms with E-state index in [0.717, 1.165) is 0 Å². The van der Waals surface area contributed by atoms with E-state index < -0.39 is 0 Å². The summed E-state index contributed by atoms with van der Waals surface area (Å²) in [5.41, 5.74) is 0. The van der Waals surface area contributed by atoms with Gasteiger partial charge in [0.05, 0.1) is 7.11 Å². The highest BCUT2D eigenvalue weighted by Crippen LogP contribution is 2.03. The van der Waals surface area contributed by atoms with Crippen molar-refractivity contribution in [3.05, 3.63) is 24.7 Å². The average Bonchev–Trinajstić information content (AvgIpc) is 2.05. The van der Waals surface area contributed by atoms with Crippen LogP contribution in [-0.2, 0) is 0 Å². The van der Waals surface area contributed by atoms with Gasteiger partial charge in [-0.25, -0.2) is 4.98 Å². The topological polar surface area (TPSA) is 35.0 Å². The fourth-order valence-electron chi connectivity index (χ4n) is 0.568. The van der Waals surface area contributed by atoms with Crippen LogP contribution in [0.2, 0.25) is 0 Å². The van der Waals surface area contributed by atoms with Crippen molar-refractivity contribution >= 4 is 6.08 Å². The summed E-state index contributed by atoms with van der Waals surface area (Å²) in [6, 6.07) is 1.69. The molecule has 0 saturated carbocycles. The van der Waals surface area contributed by atoms with E-state index in [-0.39, 0.29) is 0 Å². The van der Waals surface area contributed by atoms with Crippen LogP contribution in [-0.4, -0.2) is 17.1 Å². The van der Waals surface area contributed by atoms with Gasteiger partial charge in [-0.2, -0.15) is 4.98 Å². The van der Waals surface area contributed by atoms with Crippen molar-refractivity contribution in [2.45, 2.75) is 0 Å². The third-order valence-corrected chi connectivity index (χ3v) is 1.04. The highest BCUT2D eigenvalue weighted by atomic mass is 16.5. The lowest BCUT2D eigenvalue weighted by molar-refractivity contribution is 0.396. The monoisotopic (exact) mass is 136 g/mol. The molecule has 10 heavy (non-hydrogen) atoms. The minimum Gasteiger partial charge on any atom is -0.481 e. The first-order valence-corrected chi connectivity index (χ1v) is 2.86. The maximum absolute atomic E-state index is 4.86. The second-order valence-corrected chi connectivity index (χ2v) is 1.66. The summed E-state index contributed by atoms with van der Waals surface area (Å²) >= 11 is 0. The molecular formula is C7H8N2O. The molecule has 1 aromatic rings. The first-order valence-electron chi connectivity index (χ1n) is 2.86. The number of aromatic nitrogens is 2. The fraction of sp³-hybridized carbons (Fsp3) is 0.143. The van der Waals surface area contributed by atoms with Gasteiger partial charge >= 0.3 is 0 Å². The first kappa shape index (κ1) is 6.74. The van der Waals surface area contributed by atoms with E-state index in [1.807, 2.05) is 0 Å². The van der Waals surface area contributed by atoms with Gasteiger partial charge in [0, 0.05) is 12.3 Å². The molecule has 52 valence electrons. The second kappa shape index (κ2) is 2.96. The Morgan fingerprint density at radius 3 is 3.10 bits per heavy atom. The minimum absolute atomic E-state index is 0.560. The summed E-state index contributed by atoms with van der Waals surface area (Å²) in [6.07, 6.45) is 3.20. The largest absolute Gasteiger partial charge is 0.481 e. The summed E-state index contributed by atoms with van der Waals surface area (Å²) in [7, 11) is 1.56. The van der Waals surface area contributed by atoms with Crippen molar-refractivity contribution in [1.29, 1.82) is 0 Å². The Morgan fingerprint density at radius 1 is 1.70 bits per heavy atom. The first-order chi connectivity index (χ1) is 4.86. The number of hydrogen-bond donors (Lipinski definition) is 0. The van der Waals surface area contributed by atoms with Gasteiger partial charge in [0.1, 0.15) is 0 Å². The molecule has 0 aromatic carbocycles. The molecule has 0 spiro atoms. The predicted octanol–water partition coefficient (Wildman–Crippen LogP) is 1.13. The van der Waals surface area contributed by atoms with Gasteiger partial charge in [-0.3, -0.25) is 0 Å². The maximum Gasteiger partial charge on any atom is 0.216 e. The number of nitrogens with zero attached hydrogens (tertiary/aromatic N) is 2. The highest BCUT2D eigenvalue weighted by molar-refractivity contribution is 5.36. The molecule has 0 saturated heterocycles. The average molecular weight is 136 g/mol. The molecule has 0 radical (unpaired) electrons. The second-order valence-electron chi connectivity index (χ2n) is 1.66. The molecule has 3 nitrogen and oxygen atoms in total. The lowest BCUT2D eigenvalue weighted by Gasteiger charge is -1.96. The Labute approximate surface area is 59.4 Å². The Balaban J connectivity index is 2.98. The molecule has 0 aliphatic heterocycles. The van der Waals surface area contributed by atoms with Crippen LogP contribution in [0, 0.1) is 0 Å². The number of ether oxygens (including phenoxy) is 1. The van der Waals surface area contributed by atoms with Gasteiger partial charge < -0.3 is 4.74 Å². The molecule has 1 aromatic heterocycles. The van der Waals surface area contributed by atoms with Gasteiger partial charge in [-0.1, -0.05) is 6.58 Å². The molecule has 0 fully saturated rings. The number of hydrogen-bond acceptors (Lipinski definition) is 3. The zero-order valence-electron chi connectivity index (χ0n) is 5.74. The van der Waals surface area contributed by atoms with Crippen molar-refractivity contribution in [2.24, 2.45) is 0 Å². The van der Waals surface area contributed by atoms with Crippen LogP contribution in [0.3, 0.4) is 0 Å². The summed E-state index contributed by atoms with van der Waals surface area (Å²) < 4.78 is 4.86. The molecule has 0 amide bonds. The zero-order valence-corrected chi connectivity index (χ0v) is 5.74. The van der Waals surface area contributed by atoms with Gasteiger partial charge in [-0.15, -0.1) is 0 Å². The molecule has 0 bridgehead atoms. The van der Waals surface area contributed by atoms with E-state index in [4.69, 9.17) is 4.74 Å². The van der Waals surface area contributed by atoms with Gasteiger partial charge in [0.2, 0.25) is 5.88 Å². The van der Waals surface area contributed by atoms with Crippen LogP contribution >= 0.6 is 0 Å². The van der Waals surface area contributed by atoms with Crippen molar-refractivity contribution in [3.63, 3.8) is 0 Å². The van der Waals surface area contributed by atoms with Crippen LogP contribution < -0.4 is 4.74 Å². The van der Waals surface area contributed by atoms with Crippen molar-refractivity contribution in [1.82, 2.24) is 9.97 Å². The molecule has 0 aliphatic carbocycles. The van der Waals surface area contributed by atoms with E-state index in [9.17, 15) is 0 Å². The van der Waals surface area contributed by atoms with Crippen LogP contribution in [0.1, 0.15) is 5.82 Å². The molecule has 0 N–H and O–H groups in total. The molecular weight excluding hydrogens is 128 g/mol. The van der Waals surface area contributed by atoms with E-state index in [1.165, 1.54) is 0 Å². The Hall–Kier alpha value is -1.38. The predicted molar refractivity (Wildman–Crippen MR) is 38.7 cm³/mol. The Morgan fingerprint density at radius 2 is 2.50 bits per heavy atom. The smallest absolute Gasteiger partial charge is 0.216 e. The third kappa shape index (κ3) is 1.31. The standard InChI is InChI=1S/C7H8N2O/c1-3-6-8-5-4-7(9-6)10-2/h3-5H,1H2,2H3. The summed E-state index contributed by atoms with van der Waals surface area (Å²) in [5, 5.41) is 0. The van der Waals surface area contributed by atoms with E-state index >= 15 is 0 Å².